The summed E-state index contributed by atoms with van der Waals surface area (Å²) in [6.45, 7) is 6.06. The molecule has 4 nitrogen and oxygen atoms in total. The van der Waals surface area contributed by atoms with Gasteiger partial charge in [0.1, 0.15) is 5.60 Å². The zero-order chi connectivity index (χ0) is 15.3. The van der Waals surface area contributed by atoms with Gasteiger partial charge in [-0.25, -0.2) is 4.79 Å². The number of rotatable bonds is 4. The second-order valence-corrected chi connectivity index (χ2v) is 6.68. The van der Waals surface area contributed by atoms with Crippen molar-refractivity contribution in [1.29, 1.82) is 0 Å². The highest BCUT2D eigenvalue weighted by atomic mass is 16.6. The molecule has 4 heteroatoms. The topological polar surface area (TPSA) is 50.4 Å². The van der Waals surface area contributed by atoms with Crippen molar-refractivity contribution in [2.24, 2.45) is 0 Å². The number of alkyl carbamates (subject to hydrolysis) is 1. The van der Waals surface area contributed by atoms with Crippen molar-refractivity contribution in [2.75, 3.05) is 5.32 Å². The summed E-state index contributed by atoms with van der Waals surface area (Å²) in [5.41, 5.74) is 1.76. The summed E-state index contributed by atoms with van der Waals surface area (Å²) in [5, 5.41) is 6.32. The van der Waals surface area contributed by atoms with Gasteiger partial charge in [0.15, 0.2) is 0 Å². The van der Waals surface area contributed by atoms with Gasteiger partial charge in [0.25, 0.3) is 0 Å². The average Bonchev–Trinajstić information content (AvgIpc) is 2.89. The Labute approximate surface area is 127 Å². The molecule has 1 aromatic carbocycles. The van der Waals surface area contributed by atoms with E-state index in [9.17, 15) is 4.79 Å². The molecule has 0 bridgehead atoms. The van der Waals surface area contributed by atoms with E-state index in [-0.39, 0.29) is 6.09 Å². The molecule has 1 fully saturated rings. The number of carbonyl (C=O) groups is 1. The van der Waals surface area contributed by atoms with E-state index in [0.29, 0.717) is 12.6 Å². The number of amides is 1. The van der Waals surface area contributed by atoms with E-state index in [1.807, 2.05) is 32.9 Å². The van der Waals surface area contributed by atoms with Crippen LogP contribution in [0, 0.1) is 0 Å². The maximum absolute atomic E-state index is 11.6. The SMILES string of the molecule is CC(C)(C)OC(=O)NCc1ccc(NC2CCCC2)cc1. The van der Waals surface area contributed by atoms with Crippen LogP contribution in [0.4, 0.5) is 10.5 Å². The Hall–Kier alpha value is -1.71. The Morgan fingerprint density at radius 2 is 1.81 bits per heavy atom. The highest BCUT2D eigenvalue weighted by Gasteiger charge is 2.16. The smallest absolute Gasteiger partial charge is 0.407 e. The summed E-state index contributed by atoms with van der Waals surface area (Å²) >= 11 is 0. The van der Waals surface area contributed by atoms with Gasteiger partial charge in [-0.1, -0.05) is 25.0 Å². The van der Waals surface area contributed by atoms with Crippen molar-refractivity contribution in [3.63, 3.8) is 0 Å². The molecule has 0 aromatic heterocycles. The Morgan fingerprint density at radius 1 is 1.19 bits per heavy atom. The molecule has 0 radical (unpaired) electrons. The van der Waals surface area contributed by atoms with Crippen LogP contribution in [0.25, 0.3) is 0 Å². The molecule has 1 saturated carbocycles. The third-order valence-electron chi connectivity index (χ3n) is 3.52. The molecule has 1 aliphatic rings. The number of ether oxygens (including phenoxy) is 1. The molecule has 0 spiro atoms. The van der Waals surface area contributed by atoms with Crippen LogP contribution >= 0.6 is 0 Å². The highest BCUT2D eigenvalue weighted by molar-refractivity contribution is 5.67. The van der Waals surface area contributed by atoms with E-state index in [0.717, 1.165) is 11.3 Å². The molecule has 1 aromatic rings. The van der Waals surface area contributed by atoms with Gasteiger partial charge in [-0.05, 0) is 51.3 Å². The van der Waals surface area contributed by atoms with Gasteiger partial charge in [0.05, 0.1) is 0 Å². The fourth-order valence-electron chi connectivity index (χ4n) is 2.51. The normalized spacial score (nSPS) is 15.8. The molecule has 116 valence electrons. The predicted molar refractivity (Wildman–Crippen MR) is 85.4 cm³/mol. The zero-order valence-electron chi connectivity index (χ0n) is 13.2. The first kappa shape index (κ1) is 15.7. The molecule has 1 amide bonds. The number of hydrogen-bond acceptors (Lipinski definition) is 3. The first-order valence-electron chi connectivity index (χ1n) is 7.75. The van der Waals surface area contributed by atoms with E-state index in [1.54, 1.807) is 0 Å². The molecule has 2 N–H and O–H groups in total. The monoisotopic (exact) mass is 290 g/mol. The Kier molecular flexibility index (Phi) is 5.10. The molecular weight excluding hydrogens is 264 g/mol. The van der Waals surface area contributed by atoms with Crippen LogP contribution in [0.3, 0.4) is 0 Å². The van der Waals surface area contributed by atoms with Crippen LogP contribution < -0.4 is 10.6 Å². The Morgan fingerprint density at radius 3 is 2.38 bits per heavy atom. The summed E-state index contributed by atoms with van der Waals surface area (Å²) in [6.07, 6.45) is 4.81. The molecule has 0 heterocycles. The van der Waals surface area contributed by atoms with Crippen molar-refractivity contribution in [2.45, 2.75) is 64.6 Å². The Balaban J connectivity index is 1.78. The quantitative estimate of drug-likeness (QED) is 0.879. The van der Waals surface area contributed by atoms with Crippen LogP contribution in [-0.4, -0.2) is 17.7 Å². The molecule has 1 aliphatic carbocycles. The summed E-state index contributed by atoms with van der Waals surface area (Å²) in [7, 11) is 0. The fourth-order valence-corrected chi connectivity index (χ4v) is 2.51. The lowest BCUT2D eigenvalue weighted by atomic mass is 10.2. The minimum atomic E-state index is -0.459. The van der Waals surface area contributed by atoms with Gasteiger partial charge in [0, 0.05) is 18.3 Å². The summed E-state index contributed by atoms with van der Waals surface area (Å²) in [4.78, 5) is 11.6. The maximum atomic E-state index is 11.6. The number of benzene rings is 1. The van der Waals surface area contributed by atoms with E-state index in [1.165, 1.54) is 25.7 Å². The molecule has 0 saturated heterocycles. The first-order chi connectivity index (χ1) is 9.92. The summed E-state index contributed by atoms with van der Waals surface area (Å²) in [5.74, 6) is 0. The number of nitrogens with one attached hydrogen (secondary N) is 2. The molecule has 0 aliphatic heterocycles. The highest BCUT2D eigenvalue weighted by Crippen LogP contribution is 2.22. The van der Waals surface area contributed by atoms with Gasteiger partial charge in [-0.15, -0.1) is 0 Å². The van der Waals surface area contributed by atoms with Crippen molar-refractivity contribution in [3.05, 3.63) is 29.8 Å². The predicted octanol–water partition coefficient (Wildman–Crippen LogP) is 4.07. The molecular formula is C17H26N2O2. The van der Waals surface area contributed by atoms with Crippen LogP contribution in [-0.2, 0) is 11.3 Å². The maximum Gasteiger partial charge on any atom is 0.407 e. The van der Waals surface area contributed by atoms with Crippen molar-refractivity contribution in [3.8, 4) is 0 Å². The summed E-state index contributed by atoms with van der Waals surface area (Å²) in [6, 6.07) is 8.84. The number of hydrogen-bond donors (Lipinski definition) is 2. The minimum absolute atomic E-state index is 0.379. The van der Waals surface area contributed by atoms with Gasteiger partial charge < -0.3 is 15.4 Å². The van der Waals surface area contributed by atoms with Crippen molar-refractivity contribution < 1.29 is 9.53 Å². The van der Waals surface area contributed by atoms with E-state index in [4.69, 9.17) is 4.74 Å². The van der Waals surface area contributed by atoms with Crippen LogP contribution in [0.15, 0.2) is 24.3 Å². The number of carbonyl (C=O) groups excluding carboxylic acids is 1. The van der Waals surface area contributed by atoms with E-state index >= 15 is 0 Å². The third-order valence-corrected chi connectivity index (χ3v) is 3.52. The molecule has 21 heavy (non-hydrogen) atoms. The standard InChI is InChI=1S/C17H26N2O2/c1-17(2,3)21-16(20)18-12-13-8-10-15(11-9-13)19-14-6-4-5-7-14/h8-11,14,19H,4-7,12H2,1-3H3,(H,18,20). The van der Waals surface area contributed by atoms with Crippen LogP contribution in [0.1, 0.15) is 52.0 Å². The molecule has 0 unspecified atom stereocenters. The third kappa shape index (κ3) is 5.66. The second-order valence-electron chi connectivity index (χ2n) is 6.68. The van der Waals surface area contributed by atoms with Crippen LogP contribution in [0.2, 0.25) is 0 Å². The lowest BCUT2D eigenvalue weighted by molar-refractivity contribution is 0.0523. The van der Waals surface area contributed by atoms with Crippen molar-refractivity contribution >= 4 is 11.8 Å². The number of anilines is 1. The summed E-state index contributed by atoms with van der Waals surface area (Å²) < 4.78 is 5.21. The van der Waals surface area contributed by atoms with Gasteiger partial charge in [0.2, 0.25) is 0 Å². The van der Waals surface area contributed by atoms with E-state index < -0.39 is 5.60 Å². The molecule has 0 atom stereocenters. The first-order valence-corrected chi connectivity index (χ1v) is 7.75. The molecule has 2 rings (SSSR count). The largest absolute Gasteiger partial charge is 0.444 e. The second kappa shape index (κ2) is 6.83. The van der Waals surface area contributed by atoms with Gasteiger partial charge >= 0.3 is 6.09 Å². The van der Waals surface area contributed by atoms with Crippen LogP contribution in [0.5, 0.6) is 0 Å². The lowest BCUT2D eigenvalue weighted by Gasteiger charge is -2.19. The fraction of sp³-hybridized carbons (Fsp3) is 0.588. The van der Waals surface area contributed by atoms with Crippen molar-refractivity contribution in [1.82, 2.24) is 5.32 Å². The lowest BCUT2D eigenvalue weighted by Crippen LogP contribution is -2.32. The van der Waals surface area contributed by atoms with E-state index in [2.05, 4.69) is 22.8 Å². The average molecular weight is 290 g/mol. The van der Waals surface area contributed by atoms with Gasteiger partial charge in [-0.3, -0.25) is 0 Å². The minimum Gasteiger partial charge on any atom is -0.444 e. The Bertz CT molecular complexity index is 457. The van der Waals surface area contributed by atoms with Gasteiger partial charge in [-0.2, -0.15) is 0 Å². The zero-order valence-corrected chi connectivity index (χ0v) is 13.2.